The molecule has 23 heavy (non-hydrogen) atoms. The van der Waals surface area contributed by atoms with Crippen LogP contribution in [0.3, 0.4) is 0 Å². The quantitative estimate of drug-likeness (QED) is 0.809. The lowest BCUT2D eigenvalue weighted by atomic mass is 9.78. The molecule has 0 saturated heterocycles. The van der Waals surface area contributed by atoms with E-state index in [0.717, 1.165) is 46.0 Å². The lowest BCUT2D eigenvalue weighted by Gasteiger charge is -2.30. The van der Waals surface area contributed by atoms with E-state index in [9.17, 15) is 10.2 Å². The maximum Gasteiger partial charge on any atom is 0.120 e. The summed E-state index contributed by atoms with van der Waals surface area (Å²) in [7, 11) is 0. The molecule has 0 bridgehead atoms. The van der Waals surface area contributed by atoms with Gasteiger partial charge in [-0.2, -0.15) is 0 Å². The van der Waals surface area contributed by atoms with Crippen molar-refractivity contribution in [2.24, 2.45) is 0 Å². The van der Waals surface area contributed by atoms with Crippen LogP contribution in [0.15, 0.2) is 23.9 Å². The van der Waals surface area contributed by atoms with Gasteiger partial charge < -0.3 is 10.2 Å². The second-order valence-corrected chi connectivity index (χ2v) is 7.02. The smallest absolute Gasteiger partial charge is 0.120 e. The van der Waals surface area contributed by atoms with E-state index < -0.39 is 6.10 Å². The fraction of sp³-hybridized carbons (Fsp3) is 0.450. The molecule has 0 amide bonds. The average Bonchev–Trinajstić information content (AvgIpc) is 2.45. The number of aryl methyl sites for hydroxylation is 2. The Kier molecular flexibility index (Phi) is 4.15. The van der Waals surface area contributed by atoms with E-state index in [-0.39, 0.29) is 5.92 Å². The third-order valence-corrected chi connectivity index (χ3v) is 4.84. The molecule has 1 heterocycles. The van der Waals surface area contributed by atoms with E-state index in [1.54, 1.807) is 6.07 Å². The van der Waals surface area contributed by atoms with Crippen LogP contribution in [0.2, 0.25) is 0 Å². The molecule has 122 valence electrons. The third-order valence-electron chi connectivity index (χ3n) is 4.84. The summed E-state index contributed by atoms with van der Waals surface area (Å²) in [6.45, 7) is 8.22. The molecule has 1 aliphatic rings. The zero-order chi connectivity index (χ0) is 16.7. The Morgan fingerprint density at radius 3 is 2.78 bits per heavy atom. The van der Waals surface area contributed by atoms with E-state index in [1.165, 1.54) is 5.57 Å². The predicted molar refractivity (Wildman–Crippen MR) is 93.9 cm³/mol. The van der Waals surface area contributed by atoms with Crippen molar-refractivity contribution >= 4 is 10.9 Å². The van der Waals surface area contributed by atoms with E-state index in [0.29, 0.717) is 12.2 Å². The Hall–Kier alpha value is -1.87. The maximum absolute atomic E-state index is 10.7. The van der Waals surface area contributed by atoms with Crippen molar-refractivity contribution in [3.8, 4) is 5.75 Å². The number of hydrogen-bond acceptors (Lipinski definition) is 3. The summed E-state index contributed by atoms with van der Waals surface area (Å²) in [5, 5.41) is 22.1. The second kappa shape index (κ2) is 5.97. The molecule has 2 N–H and O–H groups in total. The average molecular weight is 311 g/mol. The van der Waals surface area contributed by atoms with Gasteiger partial charge in [0.05, 0.1) is 11.6 Å². The van der Waals surface area contributed by atoms with Crippen molar-refractivity contribution in [2.75, 3.05) is 0 Å². The van der Waals surface area contributed by atoms with Crippen molar-refractivity contribution < 1.29 is 10.2 Å². The van der Waals surface area contributed by atoms with Gasteiger partial charge in [0.25, 0.3) is 0 Å². The summed E-state index contributed by atoms with van der Waals surface area (Å²) in [4.78, 5) is 4.65. The van der Waals surface area contributed by atoms with Gasteiger partial charge in [-0.05, 0) is 68.7 Å². The number of nitrogens with zero attached hydrogens (tertiary/aromatic N) is 1. The molecule has 3 rings (SSSR count). The van der Waals surface area contributed by atoms with E-state index in [2.05, 4.69) is 31.8 Å². The van der Waals surface area contributed by atoms with Gasteiger partial charge in [0.2, 0.25) is 0 Å². The molecule has 0 radical (unpaired) electrons. The first-order valence-electron chi connectivity index (χ1n) is 8.35. The number of aromatic hydroxyl groups is 1. The largest absolute Gasteiger partial charge is 0.508 e. The number of rotatable bonds is 3. The molecule has 2 aromatic rings. The Morgan fingerprint density at radius 1 is 1.35 bits per heavy atom. The Bertz CT molecular complexity index is 788. The summed E-state index contributed by atoms with van der Waals surface area (Å²) in [6.07, 6.45) is 6.10. The second-order valence-electron chi connectivity index (χ2n) is 7.02. The zero-order valence-corrected chi connectivity index (χ0v) is 14.3. The lowest BCUT2D eigenvalue weighted by molar-refractivity contribution is 0.156. The normalized spacial score (nSPS) is 19.9. The molecule has 0 aliphatic heterocycles. The molecule has 2 atom stereocenters. The van der Waals surface area contributed by atoms with Gasteiger partial charge in [-0.1, -0.05) is 18.6 Å². The highest BCUT2D eigenvalue weighted by Crippen LogP contribution is 2.47. The molecular weight excluding hydrogens is 286 g/mol. The number of aliphatic hydroxyl groups is 1. The van der Waals surface area contributed by atoms with Crippen LogP contribution in [-0.2, 0) is 6.42 Å². The van der Waals surface area contributed by atoms with E-state index in [1.807, 2.05) is 13.1 Å². The number of aliphatic hydroxyl groups excluding tert-OH is 1. The van der Waals surface area contributed by atoms with Crippen LogP contribution in [0, 0.1) is 6.92 Å². The van der Waals surface area contributed by atoms with Crippen molar-refractivity contribution in [3.63, 3.8) is 0 Å². The fourth-order valence-electron chi connectivity index (χ4n) is 3.78. The third kappa shape index (κ3) is 2.74. The first-order chi connectivity index (χ1) is 10.9. The Morgan fingerprint density at radius 2 is 2.09 bits per heavy atom. The highest BCUT2D eigenvalue weighted by molar-refractivity contribution is 5.92. The van der Waals surface area contributed by atoms with Crippen LogP contribution in [0.5, 0.6) is 5.75 Å². The molecule has 0 fully saturated rings. The summed E-state index contributed by atoms with van der Waals surface area (Å²) < 4.78 is 0. The predicted octanol–water partition coefficient (Wildman–Crippen LogP) is 4.69. The van der Waals surface area contributed by atoms with Crippen LogP contribution < -0.4 is 0 Å². The van der Waals surface area contributed by atoms with Crippen molar-refractivity contribution in [3.05, 3.63) is 46.2 Å². The van der Waals surface area contributed by atoms with E-state index >= 15 is 0 Å². The molecule has 0 spiro atoms. The van der Waals surface area contributed by atoms with E-state index in [4.69, 9.17) is 0 Å². The monoisotopic (exact) mass is 311 g/mol. The maximum atomic E-state index is 10.7. The zero-order valence-electron chi connectivity index (χ0n) is 14.3. The number of phenols is 1. The van der Waals surface area contributed by atoms with Gasteiger partial charge in [0.15, 0.2) is 0 Å². The number of allylic oxidation sites excluding steroid dienone is 2. The highest BCUT2D eigenvalue weighted by atomic mass is 16.3. The van der Waals surface area contributed by atoms with Gasteiger partial charge in [0.1, 0.15) is 5.75 Å². The minimum absolute atomic E-state index is 0.135. The lowest BCUT2D eigenvalue weighted by Crippen LogP contribution is -2.15. The molecule has 1 aromatic heterocycles. The first-order valence-corrected chi connectivity index (χ1v) is 8.35. The number of pyridine rings is 1. The molecule has 0 unspecified atom stereocenters. The molecule has 1 aliphatic carbocycles. The number of benzene rings is 1. The molecule has 0 saturated carbocycles. The number of aromatic nitrogens is 1. The van der Waals surface area contributed by atoms with Crippen LogP contribution in [0.4, 0.5) is 0 Å². The Labute approximate surface area is 137 Å². The van der Waals surface area contributed by atoms with Crippen molar-refractivity contribution in [1.29, 1.82) is 0 Å². The highest BCUT2D eigenvalue weighted by Gasteiger charge is 2.30. The van der Waals surface area contributed by atoms with Crippen molar-refractivity contribution in [2.45, 2.75) is 59.0 Å². The van der Waals surface area contributed by atoms with Crippen molar-refractivity contribution in [1.82, 2.24) is 4.98 Å². The number of hydrogen-bond donors (Lipinski definition) is 2. The Balaban J connectivity index is 2.23. The number of phenolic OH excluding ortho intramolecular Hbond substituents is 1. The fourth-order valence-corrected chi connectivity index (χ4v) is 3.78. The summed E-state index contributed by atoms with van der Waals surface area (Å²) >= 11 is 0. The molecular formula is C20H25NO2. The van der Waals surface area contributed by atoms with Gasteiger partial charge in [-0.15, -0.1) is 0 Å². The summed E-state index contributed by atoms with van der Waals surface area (Å²) in [5.41, 5.74) is 6.19. The summed E-state index contributed by atoms with van der Waals surface area (Å²) in [6, 6.07) is 1.80. The molecule has 3 heteroatoms. The van der Waals surface area contributed by atoms with Gasteiger partial charge >= 0.3 is 0 Å². The minimum Gasteiger partial charge on any atom is -0.508 e. The van der Waals surface area contributed by atoms with Crippen LogP contribution in [0.1, 0.15) is 67.9 Å². The molecule has 3 nitrogen and oxygen atoms in total. The van der Waals surface area contributed by atoms with Crippen LogP contribution in [0.25, 0.3) is 10.9 Å². The van der Waals surface area contributed by atoms with Crippen LogP contribution in [-0.4, -0.2) is 15.2 Å². The minimum atomic E-state index is -0.481. The molecule has 1 aromatic carbocycles. The standard InChI is InChI=1S/C20H25NO2/c1-11(2)6-5-7-14-10-21-20-13(4)9-15(22)17-12(3)8-16(23)18(14)19(17)20/h6,9-10,12,16,22-23H,5,7-8H2,1-4H3/t12-,16-/m1/s1. The first kappa shape index (κ1) is 16.0. The van der Waals surface area contributed by atoms with Crippen LogP contribution >= 0.6 is 0 Å². The SMILES string of the molecule is CC(C)=CCCc1cnc2c(C)cc(O)c3c2c1[C@H](O)C[C@H]3C. The summed E-state index contributed by atoms with van der Waals surface area (Å²) in [5.74, 6) is 0.467. The van der Waals surface area contributed by atoms with Gasteiger partial charge in [0, 0.05) is 17.1 Å². The van der Waals surface area contributed by atoms with Gasteiger partial charge in [-0.3, -0.25) is 4.98 Å². The van der Waals surface area contributed by atoms with Gasteiger partial charge in [-0.25, -0.2) is 0 Å². The topological polar surface area (TPSA) is 53.4 Å².